The number of aromatic nitrogens is 1. The highest BCUT2D eigenvalue weighted by Gasteiger charge is 2.22. The van der Waals surface area contributed by atoms with Gasteiger partial charge >= 0.3 is 5.97 Å². The number of nitro groups is 1. The van der Waals surface area contributed by atoms with Crippen LogP contribution in [-0.4, -0.2) is 34.1 Å². The highest BCUT2D eigenvalue weighted by Crippen LogP contribution is 2.34. The van der Waals surface area contributed by atoms with Gasteiger partial charge in [-0.3, -0.25) is 14.9 Å². The first-order valence-electron chi connectivity index (χ1n) is 9.33. The molecular formula is C21H19N3O4S. The van der Waals surface area contributed by atoms with Crippen molar-refractivity contribution in [2.75, 3.05) is 18.0 Å². The summed E-state index contributed by atoms with van der Waals surface area (Å²) < 4.78 is 0.967. The lowest BCUT2D eigenvalue weighted by molar-refractivity contribution is -0.384. The molecule has 0 radical (unpaired) electrons. The Kier molecular flexibility index (Phi) is 5.26. The number of hydrogen-bond acceptors (Lipinski definition) is 6. The number of benzene rings is 2. The van der Waals surface area contributed by atoms with Crippen LogP contribution in [0.1, 0.15) is 29.8 Å². The van der Waals surface area contributed by atoms with E-state index in [1.54, 1.807) is 18.2 Å². The standard InChI is InChI=1S/C21H19N3O4S/c25-20(26)13-15(21-22-16-5-1-2-6-19(16)29-21)11-14-7-8-17(18(12-14)24(27)28)23-9-3-4-10-23/h1-2,5-8,11-12H,3-4,9-10,13H2,(H,25,26). The van der Waals surface area contributed by atoms with Gasteiger partial charge in [-0.05, 0) is 48.3 Å². The van der Waals surface area contributed by atoms with Crippen molar-refractivity contribution < 1.29 is 14.8 Å². The van der Waals surface area contributed by atoms with E-state index in [4.69, 9.17) is 0 Å². The minimum absolute atomic E-state index is 0.0413. The number of nitro benzene ring substituents is 1. The molecule has 1 aromatic heterocycles. The summed E-state index contributed by atoms with van der Waals surface area (Å²) in [5, 5.41) is 21.6. The first-order valence-corrected chi connectivity index (χ1v) is 10.1. The van der Waals surface area contributed by atoms with Crippen LogP contribution in [0.5, 0.6) is 0 Å². The largest absolute Gasteiger partial charge is 0.481 e. The summed E-state index contributed by atoms with van der Waals surface area (Å²) in [6.07, 6.45) is 3.53. The molecule has 0 saturated carbocycles. The second-order valence-corrected chi connectivity index (χ2v) is 7.96. The summed E-state index contributed by atoms with van der Waals surface area (Å²) in [4.78, 5) is 29.2. The predicted molar refractivity (Wildman–Crippen MR) is 114 cm³/mol. The molecule has 3 aromatic rings. The third-order valence-electron chi connectivity index (χ3n) is 4.89. The molecule has 7 nitrogen and oxygen atoms in total. The van der Waals surface area contributed by atoms with Gasteiger partial charge in [-0.15, -0.1) is 11.3 Å². The summed E-state index contributed by atoms with van der Waals surface area (Å²) in [6, 6.07) is 12.7. The van der Waals surface area contributed by atoms with Crippen molar-refractivity contribution in [3.05, 3.63) is 63.1 Å². The van der Waals surface area contributed by atoms with Crippen LogP contribution in [0.15, 0.2) is 42.5 Å². The van der Waals surface area contributed by atoms with Crippen LogP contribution in [-0.2, 0) is 4.79 Å². The molecule has 0 unspecified atom stereocenters. The van der Waals surface area contributed by atoms with Gasteiger partial charge in [0.2, 0.25) is 0 Å². The van der Waals surface area contributed by atoms with Crippen LogP contribution in [0.2, 0.25) is 0 Å². The van der Waals surface area contributed by atoms with Gasteiger partial charge in [0, 0.05) is 19.2 Å². The molecule has 8 heteroatoms. The minimum Gasteiger partial charge on any atom is -0.481 e. The first-order chi connectivity index (χ1) is 14.0. The number of aliphatic carboxylic acids is 1. The number of rotatable bonds is 6. The Labute approximate surface area is 171 Å². The van der Waals surface area contributed by atoms with Gasteiger partial charge < -0.3 is 10.0 Å². The number of carboxylic acids is 1. The molecular weight excluding hydrogens is 390 g/mol. The van der Waals surface area contributed by atoms with Gasteiger partial charge in [-0.2, -0.15) is 0 Å². The lowest BCUT2D eigenvalue weighted by Gasteiger charge is -2.17. The van der Waals surface area contributed by atoms with E-state index in [0.717, 1.165) is 36.1 Å². The molecule has 2 heterocycles. The van der Waals surface area contributed by atoms with Gasteiger partial charge in [-0.25, -0.2) is 4.98 Å². The molecule has 148 valence electrons. The van der Waals surface area contributed by atoms with Crippen LogP contribution >= 0.6 is 11.3 Å². The van der Waals surface area contributed by atoms with Gasteiger partial charge in [-0.1, -0.05) is 18.2 Å². The number of carbonyl (C=O) groups is 1. The fraction of sp³-hybridized carbons (Fsp3) is 0.238. The fourth-order valence-corrected chi connectivity index (χ4v) is 4.54. The van der Waals surface area contributed by atoms with E-state index in [1.165, 1.54) is 17.4 Å². The normalized spacial score (nSPS) is 14.5. The number of anilines is 1. The average molecular weight is 409 g/mol. The second-order valence-electron chi connectivity index (χ2n) is 6.93. The maximum absolute atomic E-state index is 11.6. The van der Waals surface area contributed by atoms with Crippen molar-refractivity contribution in [2.24, 2.45) is 0 Å². The van der Waals surface area contributed by atoms with Crippen molar-refractivity contribution >= 4 is 50.5 Å². The maximum atomic E-state index is 11.6. The zero-order chi connectivity index (χ0) is 20.4. The molecule has 1 aliphatic rings. The first kappa shape index (κ1) is 19.1. The third-order valence-corrected chi connectivity index (χ3v) is 6.01. The van der Waals surface area contributed by atoms with Gasteiger partial charge in [0.25, 0.3) is 5.69 Å². The van der Waals surface area contributed by atoms with Crippen LogP contribution in [0.25, 0.3) is 21.9 Å². The van der Waals surface area contributed by atoms with E-state index in [-0.39, 0.29) is 17.0 Å². The molecule has 0 amide bonds. The predicted octanol–water partition coefficient (Wildman–Crippen LogP) is 4.82. The second kappa shape index (κ2) is 8.00. The molecule has 0 spiro atoms. The minimum atomic E-state index is -0.973. The van der Waals surface area contributed by atoms with Crippen molar-refractivity contribution in [3.63, 3.8) is 0 Å². The zero-order valence-electron chi connectivity index (χ0n) is 15.6. The van der Waals surface area contributed by atoms with Gasteiger partial charge in [0.1, 0.15) is 10.7 Å². The van der Waals surface area contributed by atoms with Gasteiger partial charge in [0.05, 0.1) is 21.6 Å². The third kappa shape index (κ3) is 4.12. The Bertz CT molecular complexity index is 1080. The Morgan fingerprint density at radius 2 is 2.00 bits per heavy atom. The molecule has 1 fully saturated rings. The molecule has 0 aliphatic carbocycles. The molecule has 0 bridgehead atoms. The number of para-hydroxylation sites is 1. The molecule has 2 aromatic carbocycles. The van der Waals surface area contributed by atoms with E-state index in [1.807, 2.05) is 29.2 Å². The lowest BCUT2D eigenvalue weighted by Crippen LogP contribution is -2.18. The molecule has 4 rings (SSSR count). The van der Waals surface area contributed by atoms with E-state index in [2.05, 4.69) is 4.98 Å². The summed E-state index contributed by atoms with van der Waals surface area (Å²) in [5.41, 5.74) is 2.58. The SMILES string of the molecule is O=C(O)CC(=Cc1ccc(N2CCCC2)c([N+](=O)[O-])c1)c1nc2ccccc2s1. The van der Waals surface area contributed by atoms with E-state index < -0.39 is 5.97 Å². The monoisotopic (exact) mass is 409 g/mol. The van der Waals surface area contributed by atoms with Crippen LogP contribution in [0.4, 0.5) is 11.4 Å². The highest BCUT2D eigenvalue weighted by atomic mass is 32.1. The Balaban J connectivity index is 1.76. The quantitative estimate of drug-likeness (QED) is 0.463. The van der Waals surface area contributed by atoms with Gasteiger partial charge in [0.15, 0.2) is 0 Å². The lowest BCUT2D eigenvalue weighted by atomic mass is 10.1. The van der Waals surface area contributed by atoms with E-state index in [9.17, 15) is 20.0 Å². The van der Waals surface area contributed by atoms with E-state index >= 15 is 0 Å². The van der Waals surface area contributed by atoms with Crippen molar-refractivity contribution in [1.82, 2.24) is 4.98 Å². The molecule has 1 saturated heterocycles. The highest BCUT2D eigenvalue weighted by molar-refractivity contribution is 7.19. The Hall–Kier alpha value is -3.26. The van der Waals surface area contributed by atoms with Crippen LogP contribution in [0.3, 0.4) is 0 Å². The molecule has 29 heavy (non-hydrogen) atoms. The Morgan fingerprint density at radius 3 is 2.69 bits per heavy atom. The maximum Gasteiger partial charge on any atom is 0.307 e. The van der Waals surface area contributed by atoms with Crippen molar-refractivity contribution in [2.45, 2.75) is 19.3 Å². The summed E-state index contributed by atoms with van der Waals surface area (Å²) in [5.74, 6) is -0.973. The van der Waals surface area contributed by atoms with Crippen molar-refractivity contribution in [3.8, 4) is 0 Å². The number of thiazole rings is 1. The fourth-order valence-electron chi connectivity index (χ4n) is 3.56. The molecule has 1 aliphatic heterocycles. The van der Waals surface area contributed by atoms with Crippen LogP contribution in [0, 0.1) is 10.1 Å². The summed E-state index contributed by atoms with van der Waals surface area (Å²) in [6.45, 7) is 1.62. The zero-order valence-corrected chi connectivity index (χ0v) is 16.4. The molecule has 1 N–H and O–H groups in total. The molecule has 0 atom stereocenters. The smallest absolute Gasteiger partial charge is 0.307 e. The summed E-state index contributed by atoms with van der Waals surface area (Å²) in [7, 11) is 0. The topological polar surface area (TPSA) is 96.6 Å². The van der Waals surface area contributed by atoms with Crippen LogP contribution < -0.4 is 4.90 Å². The number of carboxylic acid groups (broad SMARTS) is 1. The number of hydrogen-bond donors (Lipinski definition) is 1. The average Bonchev–Trinajstić information content (AvgIpc) is 3.36. The number of fused-ring (bicyclic) bond motifs is 1. The number of nitrogens with zero attached hydrogens (tertiary/aromatic N) is 3. The van der Waals surface area contributed by atoms with Crippen molar-refractivity contribution in [1.29, 1.82) is 0 Å². The summed E-state index contributed by atoms with van der Waals surface area (Å²) >= 11 is 1.42. The Morgan fingerprint density at radius 1 is 1.24 bits per heavy atom. The van der Waals surface area contributed by atoms with E-state index in [0.29, 0.717) is 21.8 Å².